The first-order chi connectivity index (χ1) is 12.8. The number of rotatable bonds is 5. The second-order valence-corrected chi connectivity index (χ2v) is 6.89. The van der Waals surface area contributed by atoms with Crippen LogP contribution in [0.25, 0.3) is 12.2 Å². The molecule has 0 aromatic heterocycles. The Bertz CT molecular complexity index is 1010. The Hall–Kier alpha value is -2.82. The van der Waals surface area contributed by atoms with Crippen LogP contribution in [0, 0.1) is 0 Å². The van der Waals surface area contributed by atoms with Crippen molar-refractivity contribution in [2.24, 2.45) is 0 Å². The van der Waals surface area contributed by atoms with Crippen LogP contribution in [0.3, 0.4) is 0 Å². The quantitative estimate of drug-likeness (QED) is 0.225. The Morgan fingerprint density at radius 2 is 1.54 bits per heavy atom. The van der Waals surface area contributed by atoms with Crippen LogP contribution >= 0.6 is 0 Å². The lowest BCUT2D eigenvalue weighted by Crippen LogP contribution is -2.28. The summed E-state index contributed by atoms with van der Waals surface area (Å²) in [7, 11) is -5.97. The van der Waals surface area contributed by atoms with E-state index in [4.69, 9.17) is 0 Å². The Morgan fingerprint density at radius 3 is 2.11 bits per heavy atom. The lowest BCUT2D eigenvalue weighted by Gasteiger charge is -2.12. The number of alkyl halides is 6. The van der Waals surface area contributed by atoms with E-state index in [1.807, 2.05) is 0 Å². The van der Waals surface area contributed by atoms with Crippen molar-refractivity contribution in [3.8, 4) is 5.75 Å². The van der Waals surface area contributed by atoms with Crippen LogP contribution < -0.4 is 4.18 Å². The molecule has 2 aromatic carbocycles. The van der Waals surface area contributed by atoms with Crippen molar-refractivity contribution in [1.29, 1.82) is 0 Å². The maximum atomic E-state index is 12.7. The first-order valence-corrected chi connectivity index (χ1v) is 8.69. The Kier molecular flexibility index (Phi) is 5.88. The maximum absolute atomic E-state index is 12.7. The van der Waals surface area contributed by atoms with E-state index in [2.05, 4.69) is 4.18 Å². The molecule has 0 spiro atoms. The van der Waals surface area contributed by atoms with Gasteiger partial charge in [0.05, 0.1) is 5.56 Å². The highest BCUT2D eigenvalue weighted by Gasteiger charge is 2.48. The van der Waals surface area contributed by atoms with Gasteiger partial charge in [0.15, 0.2) is 0 Å². The summed E-state index contributed by atoms with van der Waals surface area (Å²) in [6, 6.07) is 6.91. The fourth-order valence-corrected chi connectivity index (χ4v) is 2.50. The molecule has 4 nitrogen and oxygen atoms in total. The summed E-state index contributed by atoms with van der Waals surface area (Å²) in [6.07, 6.45) is -2.12. The van der Waals surface area contributed by atoms with E-state index in [1.165, 1.54) is 6.07 Å². The lowest BCUT2D eigenvalue weighted by atomic mass is 10.1. The molecule has 150 valence electrons. The predicted molar refractivity (Wildman–Crippen MR) is 87.8 cm³/mol. The second-order valence-electron chi connectivity index (χ2n) is 5.35. The van der Waals surface area contributed by atoms with Crippen molar-refractivity contribution < 1.29 is 43.7 Å². The van der Waals surface area contributed by atoms with E-state index in [0.29, 0.717) is 6.29 Å². The molecule has 0 aliphatic rings. The number of benzene rings is 2. The average molecular weight is 424 g/mol. The number of carbonyl (C=O) groups is 1. The summed E-state index contributed by atoms with van der Waals surface area (Å²) in [5.41, 5.74) is -6.86. The molecule has 0 aliphatic heterocycles. The smallest absolute Gasteiger partial charge is 0.375 e. The van der Waals surface area contributed by atoms with Crippen molar-refractivity contribution >= 4 is 28.6 Å². The van der Waals surface area contributed by atoms with Crippen LogP contribution in [-0.4, -0.2) is 20.2 Å². The van der Waals surface area contributed by atoms with Gasteiger partial charge in [-0.25, -0.2) is 0 Å². The third-order valence-corrected chi connectivity index (χ3v) is 4.29. The van der Waals surface area contributed by atoms with Gasteiger partial charge in [-0.2, -0.15) is 34.8 Å². The van der Waals surface area contributed by atoms with Gasteiger partial charge in [-0.1, -0.05) is 24.3 Å². The molecule has 2 aromatic rings. The van der Waals surface area contributed by atoms with E-state index >= 15 is 0 Å². The molecule has 0 unspecified atom stereocenters. The highest BCUT2D eigenvalue weighted by Crippen LogP contribution is 2.32. The molecule has 0 fully saturated rings. The minimum absolute atomic E-state index is 0.0135. The molecule has 2 rings (SSSR count). The zero-order valence-electron chi connectivity index (χ0n) is 13.6. The number of aldehydes is 1. The van der Waals surface area contributed by atoms with Crippen molar-refractivity contribution in [2.75, 3.05) is 0 Å². The van der Waals surface area contributed by atoms with Crippen molar-refractivity contribution in [1.82, 2.24) is 0 Å². The van der Waals surface area contributed by atoms with Gasteiger partial charge < -0.3 is 4.18 Å². The maximum Gasteiger partial charge on any atom is 0.534 e. The molecule has 0 N–H and O–H groups in total. The molecule has 28 heavy (non-hydrogen) atoms. The minimum Gasteiger partial charge on any atom is -0.375 e. The molecule has 0 saturated heterocycles. The highest BCUT2D eigenvalue weighted by molar-refractivity contribution is 7.88. The summed E-state index contributed by atoms with van der Waals surface area (Å²) in [5.74, 6) is -0.744. The summed E-state index contributed by atoms with van der Waals surface area (Å²) < 4.78 is 102. The molecule has 0 bridgehead atoms. The van der Waals surface area contributed by atoms with Gasteiger partial charge in [0.25, 0.3) is 0 Å². The molecule has 0 saturated carbocycles. The van der Waals surface area contributed by atoms with E-state index in [0.717, 1.165) is 48.6 Å². The van der Waals surface area contributed by atoms with E-state index in [-0.39, 0.29) is 16.7 Å². The molecule has 0 radical (unpaired) electrons. The second kappa shape index (κ2) is 7.66. The number of hydrogen-bond donors (Lipinski definition) is 0. The first-order valence-electron chi connectivity index (χ1n) is 7.29. The van der Waals surface area contributed by atoms with Crippen molar-refractivity contribution in [2.45, 2.75) is 11.7 Å². The fourth-order valence-electron chi connectivity index (χ4n) is 2.02. The Labute approximate surface area is 155 Å². The summed E-state index contributed by atoms with van der Waals surface area (Å²) in [4.78, 5) is 10.9. The molecular weight excluding hydrogens is 414 g/mol. The predicted octanol–water partition coefficient (Wildman–Crippen LogP) is 4.92. The molecular formula is C17H10F6O4S. The molecule has 0 amide bonds. The Balaban J connectivity index is 2.45. The zero-order chi connectivity index (χ0) is 21.2. The Morgan fingerprint density at radius 1 is 0.857 bits per heavy atom. The summed E-state index contributed by atoms with van der Waals surface area (Å²) in [5, 5.41) is 0. The topological polar surface area (TPSA) is 60.4 Å². The van der Waals surface area contributed by atoms with Crippen LogP contribution in [0.2, 0.25) is 0 Å². The van der Waals surface area contributed by atoms with Crippen molar-refractivity contribution in [3.05, 3.63) is 64.7 Å². The van der Waals surface area contributed by atoms with Crippen LogP contribution in [0.15, 0.2) is 42.5 Å². The normalized spacial score (nSPS) is 12.9. The molecule has 0 atom stereocenters. The third kappa shape index (κ3) is 5.12. The van der Waals surface area contributed by atoms with Gasteiger partial charge in [-0.3, -0.25) is 4.79 Å². The number of halogens is 6. The van der Waals surface area contributed by atoms with Gasteiger partial charge in [0.2, 0.25) is 0 Å². The van der Waals surface area contributed by atoms with E-state index < -0.39 is 33.1 Å². The SMILES string of the molecule is O=Cc1ccc(OS(=O)(=O)C(F)(F)F)c(C=Cc2cccc(C(F)(F)F)c2)c1. The fraction of sp³-hybridized carbons (Fsp3) is 0.118. The molecule has 0 heterocycles. The van der Waals surface area contributed by atoms with Gasteiger partial charge in [0, 0.05) is 11.1 Å². The van der Waals surface area contributed by atoms with Crippen LogP contribution in [0.5, 0.6) is 5.75 Å². The third-order valence-electron chi connectivity index (χ3n) is 3.32. The van der Waals surface area contributed by atoms with Gasteiger partial charge in [-0.15, -0.1) is 0 Å². The standard InChI is InChI=1S/C17H10F6O4S/c18-16(19,20)14-3-1-2-11(9-14)4-6-13-8-12(10-24)5-7-15(13)27-28(25,26)17(21,22)23/h1-10H. The van der Waals surface area contributed by atoms with Gasteiger partial charge >= 0.3 is 21.8 Å². The van der Waals surface area contributed by atoms with Gasteiger partial charge in [0.1, 0.15) is 12.0 Å². The van der Waals surface area contributed by atoms with Crippen LogP contribution in [0.4, 0.5) is 26.3 Å². The van der Waals surface area contributed by atoms with Crippen LogP contribution in [0.1, 0.15) is 27.0 Å². The monoisotopic (exact) mass is 424 g/mol. The lowest BCUT2D eigenvalue weighted by molar-refractivity contribution is -0.137. The number of hydrogen-bond acceptors (Lipinski definition) is 4. The van der Waals surface area contributed by atoms with E-state index in [9.17, 15) is 39.6 Å². The van der Waals surface area contributed by atoms with Gasteiger partial charge in [-0.05, 0) is 35.9 Å². The minimum atomic E-state index is -5.97. The first kappa shape index (κ1) is 21.5. The highest BCUT2D eigenvalue weighted by atomic mass is 32.2. The van der Waals surface area contributed by atoms with Crippen LogP contribution in [-0.2, 0) is 16.3 Å². The summed E-state index contributed by atoms with van der Waals surface area (Å²) in [6.45, 7) is 0. The molecule has 0 aliphatic carbocycles. The molecule has 11 heteroatoms. The van der Waals surface area contributed by atoms with E-state index in [1.54, 1.807) is 0 Å². The largest absolute Gasteiger partial charge is 0.534 e. The zero-order valence-corrected chi connectivity index (χ0v) is 14.4. The van der Waals surface area contributed by atoms with Crippen molar-refractivity contribution in [3.63, 3.8) is 0 Å². The summed E-state index contributed by atoms with van der Waals surface area (Å²) >= 11 is 0. The average Bonchev–Trinajstić information content (AvgIpc) is 2.59. The number of carbonyl (C=O) groups excluding carboxylic acids is 1.